The predicted octanol–water partition coefficient (Wildman–Crippen LogP) is 0.868. The number of nitrogens with two attached hydrogens (primary N) is 1. The van der Waals surface area contributed by atoms with Gasteiger partial charge >= 0.3 is 0 Å². The van der Waals surface area contributed by atoms with Crippen molar-refractivity contribution < 1.29 is 0 Å². The van der Waals surface area contributed by atoms with E-state index in [1.54, 1.807) is 5.51 Å². The Morgan fingerprint density at radius 1 is 1.90 bits per heavy atom. The highest BCUT2D eigenvalue weighted by Crippen LogP contribution is 1.99. The molecule has 1 aromatic heterocycles. The Bertz CT molecular complexity index is 215. The van der Waals surface area contributed by atoms with Crippen LogP contribution in [0.4, 0.5) is 0 Å². The number of rotatable bonds is 2. The molecule has 0 radical (unpaired) electrons. The summed E-state index contributed by atoms with van der Waals surface area (Å²) in [6.07, 6.45) is 0. The third kappa shape index (κ3) is 1.54. The summed E-state index contributed by atoms with van der Waals surface area (Å²) in [5.41, 5.74) is 8.07. The van der Waals surface area contributed by atoms with Crippen LogP contribution in [0.1, 0.15) is 12.6 Å². The second kappa shape index (κ2) is 3.31. The zero-order chi connectivity index (χ0) is 7.40. The maximum atomic E-state index is 5.54. The molecule has 0 aliphatic heterocycles. The molecule has 0 bridgehead atoms. The van der Waals surface area contributed by atoms with Crippen LogP contribution in [-0.4, -0.2) is 17.4 Å². The fourth-order valence-corrected chi connectivity index (χ4v) is 1.14. The molecule has 10 heavy (non-hydrogen) atoms. The number of hydrogen-bond acceptors (Lipinski definition) is 3. The molecule has 0 amide bonds. The van der Waals surface area contributed by atoms with E-state index in [9.17, 15) is 0 Å². The molecule has 1 aromatic rings. The normalized spacial score (nSPS) is 11.9. The first-order chi connectivity index (χ1) is 4.84. The number of amidine groups is 1. The Hall–Kier alpha value is -0.900. The van der Waals surface area contributed by atoms with Crippen LogP contribution >= 0.6 is 11.3 Å². The Labute approximate surface area is 63.6 Å². The van der Waals surface area contributed by atoms with Gasteiger partial charge in [-0.05, 0) is 6.92 Å². The standard InChI is InChI=1S/C6H9N3S/c1-2-8-6(7)5-3-10-4-9-5/h3-4H,2H2,1H3,(H2,7,8). The van der Waals surface area contributed by atoms with Crippen LogP contribution in [0.5, 0.6) is 0 Å². The smallest absolute Gasteiger partial charge is 0.145 e. The van der Waals surface area contributed by atoms with Crippen molar-refractivity contribution in [1.29, 1.82) is 0 Å². The van der Waals surface area contributed by atoms with Crippen molar-refractivity contribution in [3.05, 3.63) is 16.6 Å². The Morgan fingerprint density at radius 2 is 2.70 bits per heavy atom. The van der Waals surface area contributed by atoms with Gasteiger partial charge in [-0.15, -0.1) is 11.3 Å². The molecule has 4 heteroatoms. The lowest BCUT2D eigenvalue weighted by atomic mass is 10.4. The van der Waals surface area contributed by atoms with Gasteiger partial charge in [-0.2, -0.15) is 0 Å². The van der Waals surface area contributed by atoms with Gasteiger partial charge in [0.2, 0.25) is 0 Å². The van der Waals surface area contributed by atoms with Crippen molar-refractivity contribution in [2.75, 3.05) is 6.54 Å². The average molecular weight is 155 g/mol. The lowest BCUT2D eigenvalue weighted by Crippen LogP contribution is -2.13. The molecule has 0 aromatic carbocycles. The number of thiazole rings is 1. The summed E-state index contributed by atoms with van der Waals surface area (Å²) in [6.45, 7) is 2.66. The molecule has 2 N–H and O–H groups in total. The first-order valence-corrected chi connectivity index (χ1v) is 3.97. The summed E-state index contributed by atoms with van der Waals surface area (Å²) in [4.78, 5) is 8.00. The SMILES string of the molecule is CCN=C(N)c1cscn1. The van der Waals surface area contributed by atoms with Crippen molar-refractivity contribution >= 4 is 17.2 Å². The van der Waals surface area contributed by atoms with Gasteiger partial charge in [-0.25, -0.2) is 4.98 Å². The zero-order valence-corrected chi connectivity index (χ0v) is 6.56. The Morgan fingerprint density at radius 3 is 3.20 bits per heavy atom. The lowest BCUT2D eigenvalue weighted by Gasteiger charge is -1.91. The Balaban J connectivity index is 2.77. The Kier molecular flexibility index (Phi) is 2.39. The molecule has 54 valence electrons. The molecule has 0 fully saturated rings. The van der Waals surface area contributed by atoms with Crippen molar-refractivity contribution in [2.24, 2.45) is 10.7 Å². The van der Waals surface area contributed by atoms with Crippen molar-refractivity contribution in [1.82, 2.24) is 4.98 Å². The van der Waals surface area contributed by atoms with Gasteiger partial charge in [0.05, 0.1) is 5.51 Å². The van der Waals surface area contributed by atoms with Gasteiger partial charge < -0.3 is 5.73 Å². The van der Waals surface area contributed by atoms with E-state index in [0.29, 0.717) is 12.4 Å². The van der Waals surface area contributed by atoms with Gasteiger partial charge in [0.15, 0.2) is 0 Å². The molecule has 0 aliphatic carbocycles. The van der Waals surface area contributed by atoms with Crippen LogP contribution in [0, 0.1) is 0 Å². The topological polar surface area (TPSA) is 51.3 Å². The van der Waals surface area contributed by atoms with Crippen LogP contribution in [0.3, 0.4) is 0 Å². The summed E-state index contributed by atoms with van der Waals surface area (Å²) >= 11 is 1.52. The molecule has 0 aliphatic rings. The third-order valence-corrected chi connectivity index (χ3v) is 1.61. The monoisotopic (exact) mass is 155 g/mol. The van der Waals surface area contributed by atoms with Crippen molar-refractivity contribution in [2.45, 2.75) is 6.92 Å². The average Bonchev–Trinajstić information content (AvgIpc) is 2.38. The van der Waals surface area contributed by atoms with Crippen molar-refractivity contribution in [3.8, 4) is 0 Å². The first-order valence-electron chi connectivity index (χ1n) is 3.03. The number of nitrogens with zero attached hydrogens (tertiary/aromatic N) is 2. The maximum Gasteiger partial charge on any atom is 0.145 e. The fourth-order valence-electron chi connectivity index (χ4n) is 0.590. The largest absolute Gasteiger partial charge is 0.382 e. The summed E-state index contributed by atoms with van der Waals surface area (Å²) < 4.78 is 0. The van der Waals surface area contributed by atoms with E-state index in [1.807, 2.05) is 12.3 Å². The minimum atomic E-state index is 0.531. The van der Waals surface area contributed by atoms with Gasteiger partial charge in [0.1, 0.15) is 11.5 Å². The van der Waals surface area contributed by atoms with Crippen molar-refractivity contribution in [3.63, 3.8) is 0 Å². The van der Waals surface area contributed by atoms with E-state index < -0.39 is 0 Å². The molecule has 1 heterocycles. The van der Waals surface area contributed by atoms with E-state index in [0.717, 1.165) is 5.69 Å². The van der Waals surface area contributed by atoms with E-state index in [4.69, 9.17) is 5.73 Å². The van der Waals surface area contributed by atoms with Gasteiger partial charge in [-0.3, -0.25) is 4.99 Å². The van der Waals surface area contributed by atoms with Crippen LogP contribution in [0.2, 0.25) is 0 Å². The minimum absolute atomic E-state index is 0.531. The molecule has 0 unspecified atom stereocenters. The zero-order valence-electron chi connectivity index (χ0n) is 5.74. The second-order valence-corrected chi connectivity index (χ2v) is 2.45. The lowest BCUT2D eigenvalue weighted by molar-refractivity contribution is 1.12. The van der Waals surface area contributed by atoms with Crippen LogP contribution in [0.15, 0.2) is 15.9 Å². The van der Waals surface area contributed by atoms with E-state index in [1.165, 1.54) is 11.3 Å². The first kappa shape index (κ1) is 7.21. The summed E-state index contributed by atoms with van der Waals surface area (Å²) in [5, 5.41) is 1.88. The van der Waals surface area contributed by atoms with Gasteiger partial charge in [0, 0.05) is 11.9 Å². The molecule has 0 saturated carbocycles. The molecule has 0 spiro atoms. The fraction of sp³-hybridized carbons (Fsp3) is 0.333. The molecule has 0 saturated heterocycles. The number of aromatic nitrogens is 1. The minimum Gasteiger partial charge on any atom is -0.382 e. The maximum absolute atomic E-state index is 5.54. The molecule has 1 rings (SSSR count). The van der Waals surface area contributed by atoms with E-state index >= 15 is 0 Å². The highest BCUT2D eigenvalue weighted by Gasteiger charge is 1.96. The van der Waals surface area contributed by atoms with Gasteiger partial charge in [0.25, 0.3) is 0 Å². The number of hydrogen-bond donors (Lipinski definition) is 1. The highest BCUT2D eigenvalue weighted by molar-refractivity contribution is 7.07. The summed E-state index contributed by atoms with van der Waals surface area (Å²) in [6, 6.07) is 0. The van der Waals surface area contributed by atoms with Crippen LogP contribution in [-0.2, 0) is 0 Å². The van der Waals surface area contributed by atoms with E-state index in [-0.39, 0.29) is 0 Å². The summed E-state index contributed by atoms with van der Waals surface area (Å²) in [7, 11) is 0. The molecule has 0 atom stereocenters. The van der Waals surface area contributed by atoms with E-state index in [2.05, 4.69) is 9.98 Å². The molecule has 3 nitrogen and oxygen atoms in total. The highest BCUT2D eigenvalue weighted by atomic mass is 32.1. The van der Waals surface area contributed by atoms with Crippen LogP contribution < -0.4 is 5.73 Å². The van der Waals surface area contributed by atoms with Gasteiger partial charge in [-0.1, -0.05) is 0 Å². The summed E-state index contributed by atoms with van der Waals surface area (Å²) in [5.74, 6) is 0.531. The molecular formula is C6H9N3S. The predicted molar refractivity (Wildman–Crippen MR) is 43.4 cm³/mol. The molecular weight excluding hydrogens is 146 g/mol. The number of aliphatic imine (C=N–C) groups is 1. The quantitative estimate of drug-likeness (QED) is 0.509. The van der Waals surface area contributed by atoms with Crippen LogP contribution in [0.25, 0.3) is 0 Å². The third-order valence-electron chi connectivity index (χ3n) is 1.02. The second-order valence-electron chi connectivity index (χ2n) is 1.73.